The van der Waals surface area contributed by atoms with E-state index in [9.17, 15) is 19.6 Å². The molecule has 35 heavy (non-hydrogen) atoms. The van der Waals surface area contributed by atoms with Gasteiger partial charge in [0.2, 0.25) is 11.8 Å². The van der Waals surface area contributed by atoms with Crippen LogP contribution in [0.15, 0.2) is 0 Å². The van der Waals surface area contributed by atoms with Gasteiger partial charge in [0.05, 0.1) is 5.94 Å². The lowest BCUT2D eigenvalue weighted by molar-refractivity contribution is -0.129. The minimum Gasteiger partial charge on any atom is -0.426 e. The van der Waals surface area contributed by atoms with Crippen LogP contribution >= 0.6 is 0 Å². The second-order valence-corrected chi connectivity index (χ2v) is 9.90. The van der Waals surface area contributed by atoms with Crippen molar-refractivity contribution in [1.29, 1.82) is 5.41 Å². The third-order valence-electron chi connectivity index (χ3n) is 6.04. The van der Waals surface area contributed by atoms with Gasteiger partial charge in [0.15, 0.2) is 5.96 Å². The number of hydrogen-bond acceptors (Lipinski definition) is 5. The van der Waals surface area contributed by atoms with Gasteiger partial charge < -0.3 is 31.3 Å². The standard InChI is InChI=1S/C25H52BN5O4/c1-5-6-7-8-9-10-11-12-13-14-17-23(32)30-21(16-15-18-29-25(27)28-4)24(33)31-22(26(34)35)19-20(2)3/h20-22,34-35H,5-19H2,1-4H3,(H,30,32)(H,31,33)(H3,27,28,29)/t21-,22-/m0/s1. The van der Waals surface area contributed by atoms with E-state index in [1.165, 1.54) is 44.9 Å². The summed E-state index contributed by atoms with van der Waals surface area (Å²) in [6.07, 6.45) is 13.7. The second-order valence-electron chi connectivity index (χ2n) is 9.90. The third-order valence-corrected chi connectivity index (χ3v) is 6.04. The lowest BCUT2D eigenvalue weighted by atomic mass is 9.75. The number of unbranched alkanes of at least 4 members (excludes halogenated alkanes) is 9. The monoisotopic (exact) mass is 497 g/mol. The lowest BCUT2D eigenvalue weighted by Crippen LogP contribution is -2.54. The van der Waals surface area contributed by atoms with Gasteiger partial charge in [0.1, 0.15) is 6.04 Å². The Bertz CT molecular complexity index is 578. The number of nitrogens with one attached hydrogen (secondary N) is 5. The number of amides is 2. The van der Waals surface area contributed by atoms with E-state index in [4.69, 9.17) is 5.41 Å². The Hall–Kier alpha value is -1.81. The highest BCUT2D eigenvalue weighted by Crippen LogP contribution is 2.12. The number of carbonyl (C=O) groups is 2. The minimum absolute atomic E-state index is 0.161. The molecule has 0 aliphatic rings. The zero-order valence-corrected chi connectivity index (χ0v) is 22.6. The van der Waals surface area contributed by atoms with E-state index in [0.717, 1.165) is 19.3 Å². The van der Waals surface area contributed by atoms with Gasteiger partial charge in [-0.1, -0.05) is 78.6 Å². The molecule has 0 bridgehead atoms. The van der Waals surface area contributed by atoms with Crippen molar-refractivity contribution < 1.29 is 19.6 Å². The molecule has 0 spiro atoms. The van der Waals surface area contributed by atoms with Gasteiger partial charge >= 0.3 is 7.12 Å². The van der Waals surface area contributed by atoms with Gasteiger partial charge in [0, 0.05) is 20.0 Å². The van der Waals surface area contributed by atoms with E-state index < -0.39 is 25.0 Å². The van der Waals surface area contributed by atoms with Crippen LogP contribution in [0.1, 0.15) is 111 Å². The molecule has 204 valence electrons. The molecule has 2 atom stereocenters. The van der Waals surface area contributed by atoms with Crippen LogP contribution in [0, 0.1) is 11.3 Å². The molecule has 0 aromatic carbocycles. The number of guanidine groups is 1. The normalized spacial score (nSPS) is 12.7. The van der Waals surface area contributed by atoms with Crippen LogP contribution in [0.25, 0.3) is 0 Å². The van der Waals surface area contributed by atoms with Crippen LogP contribution in [0.5, 0.6) is 0 Å². The summed E-state index contributed by atoms with van der Waals surface area (Å²) in [6, 6.07) is -0.760. The predicted octanol–water partition coefficient (Wildman–Crippen LogP) is 2.85. The summed E-state index contributed by atoms with van der Waals surface area (Å²) in [7, 11) is -0.0174. The van der Waals surface area contributed by atoms with Gasteiger partial charge in [-0.15, -0.1) is 0 Å². The highest BCUT2D eigenvalue weighted by Gasteiger charge is 2.29. The summed E-state index contributed by atoms with van der Waals surface area (Å²) < 4.78 is 0. The van der Waals surface area contributed by atoms with Crippen LogP contribution in [0.3, 0.4) is 0 Å². The first kappa shape index (κ1) is 33.2. The van der Waals surface area contributed by atoms with Crippen LogP contribution in [0.2, 0.25) is 0 Å². The van der Waals surface area contributed by atoms with Crippen molar-refractivity contribution in [2.75, 3.05) is 13.6 Å². The van der Waals surface area contributed by atoms with Gasteiger partial charge in [-0.25, -0.2) is 0 Å². The minimum atomic E-state index is -1.66. The summed E-state index contributed by atoms with van der Waals surface area (Å²) in [5.74, 6) is -1.01. The molecule has 0 heterocycles. The van der Waals surface area contributed by atoms with Crippen LogP contribution in [0.4, 0.5) is 0 Å². The number of rotatable bonds is 21. The van der Waals surface area contributed by atoms with Crippen LogP contribution < -0.4 is 21.3 Å². The molecule has 0 rings (SSSR count). The van der Waals surface area contributed by atoms with E-state index >= 15 is 0 Å². The maximum Gasteiger partial charge on any atom is 0.475 e. The van der Waals surface area contributed by atoms with Crippen molar-refractivity contribution in [3.8, 4) is 0 Å². The van der Waals surface area contributed by atoms with Crippen molar-refractivity contribution in [3.63, 3.8) is 0 Å². The van der Waals surface area contributed by atoms with Gasteiger partial charge in [-0.2, -0.15) is 0 Å². The summed E-state index contributed by atoms with van der Waals surface area (Å²) in [5, 5.41) is 38.0. The molecule has 9 nitrogen and oxygen atoms in total. The van der Waals surface area contributed by atoms with E-state index in [-0.39, 0.29) is 17.8 Å². The zero-order valence-electron chi connectivity index (χ0n) is 22.6. The molecule has 2 amide bonds. The van der Waals surface area contributed by atoms with E-state index in [1.54, 1.807) is 7.05 Å². The first-order valence-electron chi connectivity index (χ1n) is 13.7. The summed E-state index contributed by atoms with van der Waals surface area (Å²) in [5.41, 5.74) is 0. The highest BCUT2D eigenvalue weighted by atomic mass is 16.4. The van der Waals surface area contributed by atoms with Crippen molar-refractivity contribution in [2.45, 2.75) is 123 Å². The Kier molecular flexibility index (Phi) is 20.4. The van der Waals surface area contributed by atoms with E-state index in [1.807, 2.05) is 13.8 Å². The molecule has 0 aromatic rings. The lowest BCUT2D eigenvalue weighted by Gasteiger charge is -2.24. The number of carbonyl (C=O) groups excluding carboxylic acids is 2. The Morgan fingerprint density at radius 2 is 1.46 bits per heavy atom. The third kappa shape index (κ3) is 19.1. The maximum absolute atomic E-state index is 12.9. The fourth-order valence-electron chi connectivity index (χ4n) is 3.96. The summed E-state index contributed by atoms with van der Waals surface area (Å²) in [6.45, 7) is 6.59. The average Bonchev–Trinajstić information content (AvgIpc) is 2.81. The fraction of sp³-hybridized carbons (Fsp3) is 0.880. The maximum atomic E-state index is 12.9. The molecule has 0 aliphatic carbocycles. The average molecular weight is 498 g/mol. The van der Waals surface area contributed by atoms with Crippen molar-refractivity contribution >= 4 is 24.9 Å². The molecule has 0 aromatic heterocycles. The van der Waals surface area contributed by atoms with Gasteiger partial charge in [-0.3, -0.25) is 15.0 Å². The van der Waals surface area contributed by atoms with Crippen LogP contribution in [-0.2, 0) is 9.59 Å². The van der Waals surface area contributed by atoms with E-state index in [2.05, 4.69) is 28.2 Å². The molecule has 0 unspecified atom stereocenters. The highest BCUT2D eigenvalue weighted by molar-refractivity contribution is 6.43. The van der Waals surface area contributed by atoms with Crippen LogP contribution in [-0.4, -0.2) is 60.5 Å². The Morgan fingerprint density at radius 1 is 0.886 bits per heavy atom. The molecule has 0 saturated carbocycles. The molecule has 0 aliphatic heterocycles. The molecule has 7 N–H and O–H groups in total. The Balaban J connectivity index is 4.54. The van der Waals surface area contributed by atoms with E-state index in [0.29, 0.717) is 32.2 Å². The Morgan fingerprint density at radius 3 is 1.97 bits per heavy atom. The Labute approximate surface area is 213 Å². The summed E-state index contributed by atoms with van der Waals surface area (Å²) in [4.78, 5) is 25.4. The predicted molar refractivity (Wildman–Crippen MR) is 144 cm³/mol. The molecular weight excluding hydrogens is 445 g/mol. The first-order chi connectivity index (χ1) is 16.7. The molecule has 0 fully saturated rings. The molecule has 0 radical (unpaired) electrons. The zero-order chi connectivity index (χ0) is 26.5. The fourth-order valence-corrected chi connectivity index (χ4v) is 3.96. The molecule has 10 heteroatoms. The quantitative estimate of drug-likeness (QED) is 0.0562. The van der Waals surface area contributed by atoms with Gasteiger partial charge in [0.25, 0.3) is 0 Å². The molecule has 0 saturated heterocycles. The SMILES string of the molecule is CCCCCCCCCCCCC(=O)N[C@@H](CCCNC(=N)NC)C(=O)N[C@@H](CC(C)C)B(O)O. The largest absolute Gasteiger partial charge is 0.475 e. The summed E-state index contributed by atoms with van der Waals surface area (Å²) >= 11 is 0. The topological polar surface area (TPSA) is 147 Å². The van der Waals surface area contributed by atoms with Crippen molar-refractivity contribution in [1.82, 2.24) is 21.3 Å². The second kappa shape index (κ2) is 21.5. The van der Waals surface area contributed by atoms with Crippen molar-refractivity contribution in [3.05, 3.63) is 0 Å². The molecular formula is C25H52BN5O4. The van der Waals surface area contributed by atoms with Gasteiger partial charge in [-0.05, 0) is 31.6 Å². The number of hydrogen-bond donors (Lipinski definition) is 7. The smallest absolute Gasteiger partial charge is 0.426 e. The first-order valence-corrected chi connectivity index (χ1v) is 13.7. The van der Waals surface area contributed by atoms with Crippen molar-refractivity contribution in [2.24, 2.45) is 5.92 Å².